The number of amides is 2. The summed E-state index contributed by atoms with van der Waals surface area (Å²) in [7, 11) is 1.82. The van der Waals surface area contributed by atoms with E-state index in [2.05, 4.69) is 5.32 Å². The Balaban J connectivity index is 1.70. The molecular weight excluding hydrogens is 445 g/mol. The Morgan fingerprint density at radius 3 is 2.23 bits per heavy atom. The van der Waals surface area contributed by atoms with E-state index in [-0.39, 0.29) is 24.4 Å². The molecule has 1 atom stereocenters. The maximum Gasteiger partial charge on any atom is 0.248 e. The molecule has 0 radical (unpaired) electrons. The van der Waals surface area contributed by atoms with Gasteiger partial charge in [0.25, 0.3) is 0 Å². The third kappa shape index (κ3) is 6.25. The van der Waals surface area contributed by atoms with Crippen molar-refractivity contribution in [2.45, 2.75) is 24.9 Å². The summed E-state index contributed by atoms with van der Waals surface area (Å²) in [6.45, 7) is 1.17. The van der Waals surface area contributed by atoms with Crippen molar-refractivity contribution in [1.29, 1.82) is 0 Å². The molecule has 35 heavy (non-hydrogen) atoms. The molecule has 6 nitrogen and oxygen atoms in total. The van der Waals surface area contributed by atoms with Crippen molar-refractivity contribution in [3.8, 4) is 0 Å². The number of nitrogens with one attached hydrogen (secondary N) is 1. The number of hydrogen-bond donors (Lipinski definition) is 1. The van der Waals surface area contributed by atoms with E-state index < -0.39 is 11.9 Å². The average Bonchev–Trinajstić information content (AvgIpc) is 2.88. The van der Waals surface area contributed by atoms with E-state index in [0.717, 1.165) is 5.69 Å². The molecule has 0 aromatic heterocycles. The van der Waals surface area contributed by atoms with Crippen LogP contribution in [0, 0.1) is 5.82 Å². The number of ether oxygens (including phenoxy) is 1. The summed E-state index contributed by atoms with van der Waals surface area (Å²) < 4.78 is 19.7. The summed E-state index contributed by atoms with van der Waals surface area (Å²) in [6.07, 6.45) is 1.41. The van der Waals surface area contributed by atoms with Crippen molar-refractivity contribution in [2.75, 3.05) is 36.6 Å². The van der Waals surface area contributed by atoms with Gasteiger partial charge in [0.15, 0.2) is 0 Å². The highest BCUT2D eigenvalue weighted by Gasteiger charge is 2.34. The molecule has 0 spiro atoms. The minimum absolute atomic E-state index is 0.00834. The van der Waals surface area contributed by atoms with Crippen molar-refractivity contribution >= 4 is 23.2 Å². The number of rotatable bonds is 8. The summed E-state index contributed by atoms with van der Waals surface area (Å²) >= 11 is 0. The Kier molecular flexibility index (Phi) is 8.11. The number of carbonyl (C=O) groups excluding carboxylic acids is 2. The lowest BCUT2D eigenvalue weighted by Gasteiger charge is -2.34. The number of para-hydroxylation sites is 1. The Bertz CT molecular complexity index is 1120. The van der Waals surface area contributed by atoms with Crippen LogP contribution < -0.4 is 15.1 Å². The number of anilines is 2. The molecule has 0 saturated carbocycles. The van der Waals surface area contributed by atoms with Crippen LogP contribution in [0.5, 0.6) is 0 Å². The first-order valence-corrected chi connectivity index (χ1v) is 11.8. The predicted octanol–water partition coefficient (Wildman–Crippen LogP) is 4.33. The van der Waals surface area contributed by atoms with E-state index in [9.17, 15) is 14.0 Å². The fraction of sp³-hybridized carbons (Fsp3) is 0.286. The Morgan fingerprint density at radius 2 is 1.57 bits per heavy atom. The fourth-order valence-electron chi connectivity index (χ4n) is 4.29. The van der Waals surface area contributed by atoms with E-state index in [1.54, 1.807) is 12.1 Å². The SMILES string of the molecule is CN(CC(=O)N(c1cccc(F)c1)C(C(=O)NC1CCOCC1)c1ccccc1)c1ccccc1. The van der Waals surface area contributed by atoms with E-state index >= 15 is 0 Å². The maximum absolute atomic E-state index is 14.3. The topological polar surface area (TPSA) is 61.9 Å². The number of nitrogens with zero attached hydrogens (tertiary/aromatic N) is 2. The highest BCUT2D eigenvalue weighted by molar-refractivity contribution is 6.03. The van der Waals surface area contributed by atoms with Gasteiger partial charge in [0.2, 0.25) is 11.8 Å². The molecule has 2 amide bonds. The highest BCUT2D eigenvalue weighted by atomic mass is 19.1. The van der Waals surface area contributed by atoms with Crippen LogP contribution in [0.2, 0.25) is 0 Å². The van der Waals surface area contributed by atoms with Gasteiger partial charge in [-0.3, -0.25) is 14.5 Å². The van der Waals surface area contributed by atoms with Crippen molar-refractivity contribution in [1.82, 2.24) is 5.32 Å². The minimum atomic E-state index is -0.961. The van der Waals surface area contributed by atoms with Crippen molar-refractivity contribution < 1.29 is 18.7 Å². The van der Waals surface area contributed by atoms with Crippen LogP contribution in [0.1, 0.15) is 24.4 Å². The second-order valence-electron chi connectivity index (χ2n) is 8.64. The molecule has 3 aromatic carbocycles. The molecule has 1 heterocycles. The molecule has 182 valence electrons. The van der Waals surface area contributed by atoms with Crippen LogP contribution in [-0.2, 0) is 14.3 Å². The van der Waals surface area contributed by atoms with Crippen LogP contribution in [-0.4, -0.2) is 44.7 Å². The largest absolute Gasteiger partial charge is 0.381 e. The van der Waals surface area contributed by atoms with Crippen molar-refractivity contribution in [3.05, 3.63) is 96.3 Å². The molecule has 0 aliphatic carbocycles. The van der Waals surface area contributed by atoms with E-state index in [0.29, 0.717) is 37.3 Å². The van der Waals surface area contributed by atoms with Gasteiger partial charge in [-0.25, -0.2) is 4.39 Å². The van der Waals surface area contributed by atoms with Gasteiger partial charge in [0.05, 0.1) is 6.54 Å². The first kappa shape index (κ1) is 24.4. The average molecular weight is 476 g/mol. The van der Waals surface area contributed by atoms with Crippen LogP contribution in [0.3, 0.4) is 0 Å². The maximum atomic E-state index is 14.3. The second kappa shape index (κ2) is 11.6. The molecule has 3 aromatic rings. The number of hydrogen-bond acceptors (Lipinski definition) is 4. The number of halogens is 1. The molecule has 1 unspecified atom stereocenters. The zero-order chi connectivity index (χ0) is 24.6. The second-order valence-corrected chi connectivity index (χ2v) is 8.64. The molecule has 7 heteroatoms. The van der Waals surface area contributed by atoms with Crippen molar-refractivity contribution in [3.63, 3.8) is 0 Å². The van der Waals surface area contributed by atoms with E-state index in [4.69, 9.17) is 4.74 Å². The van der Waals surface area contributed by atoms with Gasteiger partial charge in [-0.2, -0.15) is 0 Å². The zero-order valence-electron chi connectivity index (χ0n) is 19.8. The monoisotopic (exact) mass is 475 g/mol. The Hall–Kier alpha value is -3.71. The van der Waals surface area contributed by atoms with Crippen LogP contribution in [0.15, 0.2) is 84.9 Å². The Morgan fingerprint density at radius 1 is 0.943 bits per heavy atom. The summed E-state index contributed by atoms with van der Waals surface area (Å²) in [6, 6.07) is 23.5. The summed E-state index contributed by atoms with van der Waals surface area (Å²) in [5, 5.41) is 3.10. The first-order valence-electron chi connectivity index (χ1n) is 11.8. The highest BCUT2D eigenvalue weighted by Crippen LogP contribution is 2.29. The zero-order valence-corrected chi connectivity index (χ0v) is 19.8. The number of carbonyl (C=O) groups is 2. The first-order chi connectivity index (χ1) is 17.0. The molecule has 0 bridgehead atoms. The summed E-state index contributed by atoms with van der Waals surface area (Å²) in [5.74, 6) is -1.10. The summed E-state index contributed by atoms with van der Waals surface area (Å²) in [5.41, 5.74) is 1.84. The van der Waals surface area contributed by atoms with Gasteiger partial charge in [0, 0.05) is 37.7 Å². The Labute approximate surface area is 205 Å². The van der Waals surface area contributed by atoms with E-state index in [1.807, 2.05) is 72.6 Å². The van der Waals surface area contributed by atoms with Crippen LogP contribution >= 0.6 is 0 Å². The molecular formula is C28H30FN3O3. The molecule has 1 saturated heterocycles. The van der Waals surface area contributed by atoms with Gasteiger partial charge in [0.1, 0.15) is 11.9 Å². The standard InChI is InChI=1S/C28H30FN3O3/c1-31(24-12-6-3-7-13-24)20-26(33)32(25-14-8-11-22(29)19-25)27(21-9-4-2-5-10-21)28(34)30-23-15-17-35-18-16-23/h2-14,19,23,27H,15-18,20H2,1H3,(H,30,34). The summed E-state index contributed by atoms with van der Waals surface area (Å²) in [4.78, 5) is 30.8. The number of likely N-dealkylation sites (N-methyl/N-ethyl adjacent to an activating group) is 1. The lowest BCUT2D eigenvalue weighted by atomic mass is 10.0. The lowest BCUT2D eigenvalue weighted by Crippen LogP contribution is -2.50. The van der Waals surface area contributed by atoms with Gasteiger partial charge < -0.3 is 15.0 Å². The van der Waals surface area contributed by atoms with Gasteiger partial charge in [-0.1, -0.05) is 54.6 Å². The third-order valence-electron chi connectivity index (χ3n) is 6.11. The molecule has 1 aliphatic heterocycles. The molecule has 1 aliphatic rings. The predicted molar refractivity (Wildman–Crippen MR) is 135 cm³/mol. The van der Waals surface area contributed by atoms with Crippen LogP contribution in [0.25, 0.3) is 0 Å². The fourth-order valence-corrected chi connectivity index (χ4v) is 4.29. The molecule has 1 N–H and O–H groups in total. The number of benzene rings is 3. The van der Waals surface area contributed by atoms with Gasteiger partial charge in [-0.15, -0.1) is 0 Å². The van der Waals surface area contributed by atoms with E-state index in [1.165, 1.54) is 17.0 Å². The van der Waals surface area contributed by atoms with Gasteiger partial charge in [-0.05, 0) is 48.7 Å². The van der Waals surface area contributed by atoms with Gasteiger partial charge >= 0.3 is 0 Å². The third-order valence-corrected chi connectivity index (χ3v) is 6.11. The van der Waals surface area contributed by atoms with Crippen LogP contribution in [0.4, 0.5) is 15.8 Å². The minimum Gasteiger partial charge on any atom is -0.381 e. The quantitative estimate of drug-likeness (QED) is 0.527. The smallest absolute Gasteiger partial charge is 0.248 e. The lowest BCUT2D eigenvalue weighted by molar-refractivity contribution is -0.127. The molecule has 4 rings (SSSR count). The molecule has 1 fully saturated rings. The normalized spacial score (nSPS) is 14.7. The van der Waals surface area contributed by atoms with Crippen molar-refractivity contribution in [2.24, 2.45) is 0 Å².